The summed E-state index contributed by atoms with van der Waals surface area (Å²) in [7, 11) is 0. The maximum atomic E-state index is 6.03. The number of fused-ring (bicyclic) bond motifs is 9. The SMILES string of the molecule is c1cnc2c(c1)oc1ccc(-c3ccc(N(c4ccc5sc6ccccc6c5c4)c4ccc5sc6ccccc6c5c4)cc3)cc12. The van der Waals surface area contributed by atoms with E-state index in [1.54, 1.807) is 0 Å². The normalized spacial score (nSPS) is 11.9. The molecule has 0 aliphatic rings. The van der Waals surface area contributed by atoms with E-state index in [9.17, 15) is 0 Å². The van der Waals surface area contributed by atoms with Gasteiger partial charge < -0.3 is 9.32 Å². The molecule has 46 heavy (non-hydrogen) atoms. The number of pyridine rings is 1. The van der Waals surface area contributed by atoms with Crippen LogP contribution in [-0.4, -0.2) is 4.98 Å². The first kappa shape index (κ1) is 25.8. The van der Waals surface area contributed by atoms with Gasteiger partial charge in [0.15, 0.2) is 5.58 Å². The van der Waals surface area contributed by atoms with Gasteiger partial charge in [0.25, 0.3) is 0 Å². The maximum absolute atomic E-state index is 6.03. The fraction of sp³-hybridized carbons (Fsp3) is 0. The Morgan fingerprint density at radius 2 is 1.02 bits per heavy atom. The van der Waals surface area contributed by atoms with E-state index >= 15 is 0 Å². The number of hydrogen-bond donors (Lipinski definition) is 0. The lowest BCUT2D eigenvalue weighted by atomic mass is 10.0. The Morgan fingerprint density at radius 1 is 0.435 bits per heavy atom. The van der Waals surface area contributed by atoms with Crippen LogP contribution in [0.5, 0.6) is 0 Å². The van der Waals surface area contributed by atoms with Crippen molar-refractivity contribution in [2.24, 2.45) is 0 Å². The molecule has 10 aromatic rings. The van der Waals surface area contributed by atoms with Gasteiger partial charge in [-0.25, -0.2) is 0 Å². The lowest BCUT2D eigenvalue weighted by Crippen LogP contribution is -2.09. The van der Waals surface area contributed by atoms with Crippen molar-refractivity contribution in [3.8, 4) is 11.1 Å². The first-order valence-electron chi connectivity index (χ1n) is 15.3. The number of aromatic nitrogens is 1. The van der Waals surface area contributed by atoms with Crippen LogP contribution in [0.15, 0.2) is 150 Å². The Labute approximate surface area is 272 Å². The fourth-order valence-corrected chi connectivity index (χ4v) is 8.91. The predicted octanol–water partition coefficient (Wildman–Crippen LogP) is 12.9. The molecule has 216 valence electrons. The first-order valence-corrected chi connectivity index (χ1v) is 16.9. The molecular weight excluding hydrogens is 601 g/mol. The highest BCUT2D eigenvalue weighted by Gasteiger charge is 2.17. The van der Waals surface area contributed by atoms with E-state index in [0.29, 0.717) is 0 Å². The smallest absolute Gasteiger partial charge is 0.153 e. The highest BCUT2D eigenvalue weighted by Crippen LogP contribution is 2.43. The van der Waals surface area contributed by atoms with Crippen LogP contribution in [0.4, 0.5) is 17.1 Å². The number of hydrogen-bond acceptors (Lipinski definition) is 5. The zero-order valence-electron chi connectivity index (χ0n) is 24.5. The first-order chi connectivity index (χ1) is 22.8. The third-order valence-corrected chi connectivity index (χ3v) is 11.2. The van der Waals surface area contributed by atoms with Gasteiger partial charge in [-0.05, 0) is 96.1 Å². The Morgan fingerprint density at radius 3 is 1.70 bits per heavy atom. The molecule has 10 rings (SSSR count). The fourth-order valence-electron chi connectivity index (χ4n) is 6.73. The zero-order valence-corrected chi connectivity index (χ0v) is 26.1. The summed E-state index contributed by atoms with van der Waals surface area (Å²) in [5.41, 5.74) is 8.23. The van der Waals surface area contributed by atoms with Gasteiger partial charge >= 0.3 is 0 Å². The summed E-state index contributed by atoms with van der Waals surface area (Å²) in [5, 5.41) is 6.21. The second-order valence-electron chi connectivity index (χ2n) is 11.6. The number of anilines is 3. The summed E-state index contributed by atoms with van der Waals surface area (Å²) in [5.74, 6) is 0. The minimum atomic E-state index is 0.811. The third-order valence-electron chi connectivity index (χ3n) is 8.92. The Kier molecular flexibility index (Phi) is 5.61. The number of furan rings is 1. The van der Waals surface area contributed by atoms with Crippen molar-refractivity contribution in [3.63, 3.8) is 0 Å². The van der Waals surface area contributed by atoms with Gasteiger partial charge in [0.1, 0.15) is 11.1 Å². The van der Waals surface area contributed by atoms with Crippen LogP contribution in [0.2, 0.25) is 0 Å². The summed E-state index contributed by atoms with van der Waals surface area (Å²) in [6.45, 7) is 0. The van der Waals surface area contributed by atoms with Gasteiger partial charge in [0, 0.05) is 69.0 Å². The molecule has 0 N–H and O–H groups in total. The number of nitrogens with zero attached hydrogens (tertiary/aromatic N) is 2. The number of thiophene rings is 2. The van der Waals surface area contributed by atoms with E-state index in [1.807, 2.05) is 47.1 Å². The van der Waals surface area contributed by atoms with Crippen molar-refractivity contribution < 1.29 is 4.42 Å². The van der Waals surface area contributed by atoms with Gasteiger partial charge in [0.2, 0.25) is 0 Å². The molecule has 3 nitrogen and oxygen atoms in total. The van der Waals surface area contributed by atoms with Crippen molar-refractivity contribution in [1.29, 1.82) is 0 Å². The van der Waals surface area contributed by atoms with Crippen molar-refractivity contribution in [2.75, 3.05) is 4.90 Å². The van der Waals surface area contributed by atoms with Gasteiger partial charge in [-0.1, -0.05) is 54.6 Å². The lowest BCUT2D eigenvalue weighted by molar-refractivity contribution is 0.668. The average Bonchev–Trinajstić information content (AvgIpc) is 3.79. The summed E-state index contributed by atoms with van der Waals surface area (Å²) in [4.78, 5) is 6.97. The second-order valence-corrected chi connectivity index (χ2v) is 13.8. The monoisotopic (exact) mass is 624 g/mol. The van der Waals surface area contributed by atoms with Crippen LogP contribution in [0.1, 0.15) is 0 Å². The van der Waals surface area contributed by atoms with Crippen molar-refractivity contribution >= 4 is 102 Å². The van der Waals surface area contributed by atoms with Crippen LogP contribution in [-0.2, 0) is 0 Å². The molecule has 0 aliphatic heterocycles. The van der Waals surface area contributed by atoms with Crippen molar-refractivity contribution in [2.45, 2.75) is 0 Å². The molecule has 0 aliphatic carbocycles. The molecule has 0 saturated heterocycles. The third kappa shape index (κ3) is 3.99. The molecule has 0 amide bonds. The largest absolute Gasteiger partial charge is 0.454 e. The van der Waals surface area contributed by atoms with Gasteiger partial charge in [-0.3, -0.25) is 4.98 Å². The standard InChI is InChI=1S/C41H24N2OS2/c1-3-9-37-30(6-1)32-23-28(16-19-39(32)45-37)43(29-17-20-40-33(24-29)31-7-2-4-10-38(31)46-40)27-14-11-25(12-15-27)26-13-18-35-34(22-26)41-36(44-35)8-5-21-42-41/h1-24H. The number of benzene rings is 6. The second kappa shape index (κ2) is 10.0. The van der Waals surface area contributed by atoms with E-state index in [0.717, 1.165) is 50.3 Å². The molecular formula is C41H24N2OS2. The van der Waals surface area contributed by atoms with E-state index in [1.165, 1.54) is 40.3 Å². The van der Waals surface area contributed by atoms with E-state index < -0.39 is 0 Å². The number of rotatable bonds is 4. The lowest BCUT2D eigenvalue weighted by Gasteiger charge is -2.26. The van der Waals surface area contributed by atoms with Crippen LogP contribution in [0, 0.1) is 0 Å². The Balaban J connectivity index is 1.13. The predicted molar refractivity (Wildman–Crippen MR) is 197 cm³/mol. The van der Waals surface area contributed by atoms with Crippen LogP contribution >= 0.6 is 22.7 Å². The molecule has 0 bridgehead atoms. The van der Waals surface area contributed by atoms with E-state index in [-0.39, 0.29) is 0 Å². The maximum Gasteiger partial charge on any atom is 0.153 e. The van der Waals surface area contributed by atoms with Gasteiger partial charge in [0.05, 0.1) is 0 Å². The summed E-state index contributed by atoms with van der Waals surface area (Å²) < 4.78 is 11.3. The van der Waals surface area contributed by atoms with Crippen molar-refractivity contribution in [3.05, 3.63) is 146 Å². The molecule has 6 aromatic carbocycles. The minimum Gasteiger partial charge on any atom is -0.454 e. The molecule has 0 radical (unpaired) electrons. The summed E-state index contributed by atoms with van der Waals surface area (Å²) in [6.07, 6.45) is 1.82. The average molecular weight is 625 g/mol. The minimum absolute atomic E-state index is 0.811. The molecule has 0 fully saturated rings. The molecule has 0 spiro atoms. The highest BCUT2D eigenvalue weighted by molar-refractivity contribution is 7.26. The van der Waals surface area contributed by atoms with Crippen LogP contribution < -0.4 is 4.90 Å². The van der Waals surface area contributed by atoms with E-state index in [4.69, 9.17) is 4.42 Å². The quantitative estimate of drug-likeness (QED) is 0.195. The summed E-state index contributed by atoms with van der Waals surface area (Å²) >= 11 is 3.70. The molecule has 0 atom stereocenters. The van der Waals surface area contributed by atoms with Crippen LogP contribution in [0.3, 0.4) is 0 Å². The topological polar surface area (TPSA) is 29.3 Å². The van der Waals surface area contributed by atoms with E-state index in [2.05, 4.69) is 131 Å². The Bertz CT molecular complexity index is 2660. The Hall–Kier alpha value is -5.49. The highest BCUT2D eigenvalue weighted by atomic mass is 32.1. The zero-order chi connectivity index (χ0) is 30.2. The molecule has 0 saturated carbocycles. The molecule has 0 unspecified atom stereocenters. The molecule has 5 heteroatoms. The van der Waals surface area contributed by atoms with Gasteiger partial charge in [-0.2, -0.15) is 0 Å². The molecule has 4 heterocycles. The van der Waals surface area contributed by atoms with Crippen molar-refractivity contribution in [1.82, 2.24) is 4.98 Å². The van der Waals surface area contributed by atoms with Crippen LogP contribution in [0.25, 0.3) is 73.5 Å². The van der Waals surface area contributed by atoms with Gasteiger partial charge in [-0.15, -0.1) is 22.7 Å². The molecule has 4 aromatic heterocycles. The summed E-state index contributed by atoms with van der Waals surface area (Å²) in [6, 6.07) is 50.3.